The first kappa shape index (κ1) is 12.6. The van der Waals surface area contributed by atoms with Crippen molar-refractivity contribution in [3.63, 3.8) is 0 Å². The number of carbonyl (C=O) groups excluding carboxylic acids is 2. The summed E-state index contributed by atoms with van der Waals surface area (Å²) in [5.41, 5.74) is 7.94. The third kappa shape index (κ3) is 3.10. The summed E-state index contributed by atoms with van der Waals surface area (Å²) < 4.78 is 0. The highest BCUT2D eigenvalue weighted by Crippen LogP contribution is 2.18. The molecule has 0 spiro atoms. The molecule has 2 aromatic carbocycles. The second kappa shape index (κ2) is 5.68. The Morgan fingerprint density at radius 1 is 1.05 bits per heavy atom. The molecule has 2 aromatic rings. The van der Waals surface area contributed by atoms with E-state index in [0.29, 0.717) is 29.0 Å². The van der Waals surface area contributed by atoms with E-state index in [0.717, 1.165) is 0 Å². The Balaban J connectivity index is 2.12. The summed E-state index contributed by atoms with van der Waals surface area (Å²) >= 11 is 0. The molecule has 0 fully saturated rings. The van der Waals surface area contributed by atoms with Crippen LogP contribution < -0.4 is 16.4 Å². The van der Waals surface area contributed by atoms with Crippen LogP contribution in [0.15, 0.2) is 48.5 Å². The summed E-state index contributed by atoms with van der Waals surface area (Å²) in [7, 11) is 0. The van der Waals surface area contributed by atoms with Crippen molar-refractivity contribution in [3.05, 3.63) is 54.1 Å². The SMILES string of the molecule is Nc1ccccc1NC(=O)c1ccc(NC=O)cc1. The molecule has 0 aliphatic carbocycles. The van der Waals surface area contributed by atoms with Crippen molar-refractivity contribution in [2.75, 3.05) is 16.4 Å². The molecule has 96 valence electrons. The lowest BCUT2D eigenvalue weighted by Gasteiger charge is -2.08. The van der Waals surface area contributed by atoms with Crippen molar-refractivity contribution < 1.29 is 9.59 Å². The van der Waals surface area contributed by atoms with Crippen LogP contribution in [0.3, 0.4) is 0 Å². The highest BCUT2D eigenvalue weighted by molar-refractivity contribution is 6.05. The number of hydrogen-bond donors (Lipinski definition) is 3. The van der Waals surface area contributed by atoms with Crippen molar-refractivity contribution in [1.82, 2.24) is 0 Å². The second-order valence-electron chi connectivity index (χ2n) is 3.88. The molecule has 19 heavy (non-hydrogen) atoms. The first-order valence-corrected chi connectivity index (χ1v) is 5.67. The van der Waals surface area contributed by atoms with E-state index >= 15 is 0 Å². The van der Waals surface area contributed by atoms with Gasteiger partial charge in [0.1, 0.15) is 0 Å². The van der Waals surface area contributed by atoms with Gasteiger partial charge in [-0.1, -0.05) is 12.1 Å². The van der Waals surface area contributed by atoms with Crippen LogP contribution in [0.2, 0.25) is 0 Å². The van der Waals surface area contributed by atoms with Gasteiger partial charge >= 0.3 is 0 Å². The van der Waals surface area contributed by atoms with Crippen LogP contribution in [0.4, 0.5) is 17.1 Å². The van der Waals surface area contributed by atoms with Gasteiger partial charge in [-0.05, 0) is 36.4 Å². The number of para-hydroxylation sites is 2. The molecule has 0 aliphatic heterocycles. The molecule has 4 N–H and O–H groups in total. The van der Waals surface area contributed by atoms with E-state index in [9.17, 15) is 9.59 Å². The van der Waals surface area contributed by atoms with Crippen molar-refractivity contribution in [1.29, 1.82) is 0 Å². The van der Waals surface area contributed by atoms with Crippen LogP contribution in [-0.2, 0) is 4.79 Å². The summed E-state index contributed by atoms with van der Waals surface area (Å²) in [5.74, 6) is -0.254. The summed E-state index contributed by atoms with van der Waals surface area (Å²) in [6, 6.07) is 13.6. The number of nitrogens with one attached hydrogen (secondary N) is 2. The molecular formula is C14H13N3O2. The molecule has 0 radical (unpaired) electrons. The average Bonchev–Trinajstić information content (AvgIpc) is 2.42. The van der Waals surface area contributed by atoms with Gasteiger partial charge in [0.2, 0.25) is 6.41 Å². The van der Waals surface area contributed by atoms with E-state index in [1.54, 1.807) is 48.5 Å². The zero-order chi connectivity index (χ0) is 13.7. The molecule has 0 unspecified atom stereocenters. The van der Waals surface area contributed by atoms with Gasteiger partial charge in [0.05, 0.1) is 11.4 Å². The average molecular weight is 255 g/mol. The highest BCUT2D eigenvalue weighted by Gasteiger charge is 2.07. The van der Waals surface area contributed by atoms with E-state index in [1.807, 2.05) is 0 Å². The molecular weight excluding hydrogens is 242 g/mol. The summed E-state index contributed by atoms with van der Waals surface area (Å²) in [6.45, 7) is 0. The molecule has 5 heteroatoms. The first-order chi connectivity index (χ1) is 9.20. The lowest BCUT2D eigenvalue weighted by Crippen LogP contribution is -2.13. The first-order valence-electron chi connectivity index (χ1n) is 5.67. The molecule has 2 amide bonds. The highest BCUT2D eigenvalue weighted by atomic mass is 16.1. The molecule has 0 heterocycles. The Hall–Kier alpha value is -2.82. The van der Waals surface area contributed by atoms with E-state index in [-0.39, 0.29) is 5.91 Å². The minimum atomic E-state index is -0.254. The summed E-state index contributed by atoms with van der Waals surface area (Å²) in [6.07, 6.45) is 0.583. The number of benzene rings is 2. The Morgan fingerprint density at radius 2 is 1.74 bits per heavy atom. The number of anilines is 3. The van der Waals surface area contributed by atoms with Crippen LogP contribution in [0.25, 0.3) is 0 Å². The number of nitrogens with two attached hydrogens (primary N) is 1. The van der Waals surface area contributed by atoms with E-state index in [1.165, 1.54) is 0 Å². The maximum atomic E-state index is 12.0. The van der Waals surface area contributed by atoms with Crippen molar-refractivity contribution in [3.8, 4) is 0 Å². The van der Waals surface area contributed by atoms with Gasteiger partial charge < -0.3 is 16.4 Å². The summed E-state index contributed by atoms with van der Waals surface area (Å²) in [4.78, 5) is 22.2. The second-order valence-corrected chi connectivity index (χ2v) is 3.88. The van der Waals surface area contributed by atoms with Crippen LogP contribution in [0.1, 0.15) is 10.4 Å². The van der Waals surface area contributed by atoms with Gasteiger partial charge in [0.15, 0.2) is 0 Å². The molecule has 2 rings (SSSR count). The lowest BCUT2D eigenvalue weighted by molar-refractivity contribution is -0.105. The maximum Gasteiger partial charge on any atom is 0.255 e. The number of nitrogen functional groups attached to an aromatic ring is 1. The minimum Gasteiger partial charge on any atom is -0.397 e. The molecule has 0 atom stereocenters. The maximum absolute atomic E-state index is 12.0. The van der Waals surface area contributed by atoms with Crippen LogP contribution in [0.5, 0.6) is 0 Å². The Bertz CT molecular complexity index is 594. The van der Waals surface area contributed by atoms with Crippen molar-refractivity contribution in [2.45, 2.75) is 0 Å². The molecule has 0 aliphatic rings. The number of hydrogen-bond acceptors (Lipinski definition) is 3. The number of amides is 2. The third-order valence-corrected chi connectivity index (χ3v) is 2.58. The zero-order valence-corrected chi connectivity index (χ0v) is 10.1. The van der Waals surface area contributed by atoms with Crippen LogP contribution in [0, 0.1) is 0 Å². The Kier molecular flexibility index (Phi) is 3.78. The van der Waals surface area contributed by atoms with Gasteiger partial charge in [-0.25, -0.2) is 0 Å². The predicted octanol–water partition coefficient (Wildman–Crippen LogP) is 2.09. The van der Waals surface area contributed by atoms with E-state index in [2.05, 4.69) is 10.6 Å². The smallest absolute Gasteiger partial charge is 0.255 e. The molecule has 0 saturated heterocycles. The predicted molar refractivity (Wildman–Crippen MR) is 74.9 cm³/mol. The largest absolute Gasteiger partial charge is 0.397 e. The van der Waals surface area contributed by atoms with Gasteiger partial charge in [-0.3, -0.25) is 9.59 Å². The Morgan fingerprint density at radius 3 is 2.37 bits per heavy atom. The fourth-order valence-electron chi connectivity index (χ4n) is 1.59. The van der Waals surface area contributed by atoms with Gasteiger partial charge in [0.25, 0.3) is 5.91 Å². The van der Waals surface area contributed by atoms with Crippen molar-refractivity contribution in [2.24, 2.45) is 0 Å². The molecule has 0 aromatic heterocycles. The summed E-state index contributed by atoms with van der Waals surface area (Å²) in [5, 5.41) is 5.22. The monoisotopic (exact) mass is 255 g/mol. The normalized spacial score (nSPS) is 9.68. The minimum absolute atomic E-state index is 0.254. The fourth-order valence-corrected chi connectivity index (χ4v) is 1.59. The van der Waals surface area contributed by atoms with Crippen LogP contribution >= 0.6 is 0 Å². The van der Waals surface area contributed by atoms with E-state index < -0.39 is 0 Å². The lowest BCUT2D eigenvalue weighted by atomic mass is 10.2. The fraction of sp³-hybridized carbons (Fsp3) is 0. The quantitative estimate of drug-likeness (QED) is 0.577. The third-order valence-electron chi connectivity index (χ3n) is 2.58. The van der Waals surface area contributed by atoms with E-state index in [4.69, 9.17) is 5.73 Å². The van der Waals surface area contributed by atoms with Gasteiger partial charge in [-0.2, -0.15) is 0 Å². The Labute approximate surface area is 110 Å². The van der Waals surface area contributed by atoms with Crippen molar-refractivity contribution >= 4 is 29.4 Å². The molecule has 5 nitrogen and oxygen atoms in total. The zero-order valence-electron chi connectivity index (χ0n) is 10.1. The topological polar surface area (TPSA) is 84.2 Å². The van der Waals surface area contributed by atoms with Crippen LogP contribution in [-0.4, -0.2) is 12.3 Å². The molecule has 0 saturated carbocycles. The van der Waals surface area contributed by atoms with Gasteiger partial charge in [0, 0.05) is 11.3 Å². The number of rotatable bonds is 4. The standard InChI is InChI=1S/C14H13N3O2/c15-12-3-1-2-4-13(12)17-14(19)10-5-7-11(8-6-10)16-9-18/h1-9H,15H2,(H,16,18)(H,17,19). The van der Waals surface area contributed by atoms with Gasteiger partial charge in [-0.15, -0.1) is 0 Å². The number of carbonyl (C=O) groups is 2. The molecule has 0 bridgehead atoms.